The second-order valence-corrected chi connectivity index (χ2v) is 5.38. The summed E-state index contributed by atoms with van der Waals surface area (Å²) in [6, 6.07) is 11.6. The fraction of sp³-hybridized carbons (Fsp3) is 0.294. The Morgan fingerprint density at radius 3 is 2.52 bits per heavy atom. The van der Waals surface area contributed by atoms with Crippen LogP contribution in [0.4, 0.5) is 14.5 Å². The van der Waals surface area contributed by atoms with Gasteiger partial charge in [-0.25, -0.2) is 8.78 Å². The van der Waals surface area contributed by atoms with Gasteiger partial charge in [-0.3, -0.25) is 0 Å². The predicted molar refractivity (Wildman–Crippen MR) is 80.3 cm³/mol. The van der Waals surface area contributed by atoms with Crippen LogP contribution in [0.5, 0.6) is 0 Å². The van der Waals surface area contributed by atoms with Crippen LogP contribution in [0, 0.1) is 11.6 Å². The zero-order valence-electron chi connectivity index (χ0n) is 11.7. The van der Waals surface area contributed by atoms with Crippen molar-refractivity contribution in [2.24, 2.45) is 5.73 Å². The number of aryl methyl sites for hydroxylation is 1. The summed E-state index contributed by atoms with van der Waals surface area (Å²) in [7, 11) is 0. The topological polar surface area (TPSA) is 29.3 Å². The highest BCUT2D eigenvalue weighted by Crippen LogP contribution is 2.34. The van der Waals surface area contributed by atoms with Crippen LogP contribution in [0.1, 0.15) is 23.6 Å². The average molecular weight is 288 g/mol. The van der Waals surface area contributed by atoms with E-state index in [1.807, 2.05) is 18.2 Å². The molecule has 0 aliphatic carbocycles. The lowest BCUT2D eigenvalue weighted by Crippen LogP contribution is -2.37. The highest BCUT2D eigenvalue weighted by Gasteiger charge is 2.25. The lowest BCUT2D eigenvalue weighted by Gasteiger charge is -2.37. The van der Waals surface area contributed by atoms with E-state index >= 15 is 0 Å². The second-order valence-electron chi connectivity index (χ2n) is 5.38. The van der Waals surface area contributed by atoms with Crippen molar-refractivity contribution in [3.8, 4) is 0 Å². The third-order valence-corrected chi connectivity index (χ3v) is 4.02. The smallest absolute Gasteiger partial charge is 0.126 e. The number of anilines is 1. The summed E-state index contributed by atoms with van der Waals surface area (Å²) >= 11 is 0. The highest BCUT2D eigenvalue weighted by atomic mass is 19.1. The Bertz CT molecular complexity index is 622. The standard InChI is InChI=1S/C17H18F2N2/c18-14-8-13(9-15(19)10-14)17(11-20)21-7-3-5-12-4-1-2-6-16(12)21/h1-2,4,6,8-10,17H,3,5,7,11,20H2. The van der Waals surface area contributed by atoms with Gasteiger partial charge in [-0.05, 0) is 42.2 Å². The van der Waals surface area contributed by atoms with Gasteiger partial charge in [0.2, 0.25) is 0 Å². The van der Waals surface area contributed by atoms with E-state index in [0.29, 0.717) is 12.1 Å². The molecule has 1 heterocycles. The lowest BCUT2D eigenvalue weighted by atomic mass is 9.97. The summed E-state index contributed by atoms with van der Waals surface area (Å²) in [5, 5.41) is 0. The lowest BCUT2D eigenvalue weighted by molar-refractivity contribution is 0.555. The molecule has 0 saturated heterocycles. The Morgan fingerprint density at radius 1 is 1.10 bits per heavy atom. The Kier molecular flexibility index (Phi) is 3.88. The van der Waals surface area contributed by atoms with Crippen molar-refractivity contribution >= 4 is 5.69 Å². The van der Waals surface area contributed by atoms with E-state index in [9.17, 15) is 8.78 Å². The van der Waals surface area contributed by atoms with Crippen molar-refractivity contribution in [3.05, 3.63) is 65.2 Å². The maximum Gasteiger partial charge on any atom is 0.126 e. The molecule has 0 spiro atoms. The van der Waals surface area contributed by atoms with Crippen molar-refractivity contribution in [2.45, 2.75) is 18.9 Å². The van der Waals surface area contributed by atoms with Crippen LogP contribution in [0.3, 0.4) is 0 Å². The average Bonchev–Trinajstić information content (AvgIpc) is 2.47. The summed E-state index contributed by atoms with van der Waals surface area (Å²) in [4.78, 5) is 2.16. The highest BCUT2D eigenvalue weighted by molar-refractivity contribution is 5.57. The Labute approximate surface area is 123 Å². The first-order chi connectivity index (χ1) is 10.2. The number of hydrogen-bond donors (Lipinski definition) is 1. The molecular weight excluding hydrogens is 270 g/mol. The summed E-state index contributed by atoms with van der Waals surface area (Å²) in [5.41, 5.74) is 8.87. The fourth-order valence-corrected chi connectivity index (χ4v) is 3.10. The van der Waals surface area contributed by atoms with Crippen molar-refractivity contribution in [2.75, 3.05) is 18.0 Å². The first-order valence-electron chi connectivity index (χ1n) is 7.19. The molecule has 110 valence electrons. The normalized spacial score (nSPS) is 15.7. The molecule has 2 aromatic rings. The molecule has 0 amide bonds. The zero-order valence-corrected chi connectivity index (χ0v) is 11.7. The summed E-state index contributed by atoms with van der Waals surface area (Å²) < 4.78 is 27.0. The molecule has 1 aliphatic rings. The molecule has 0 fully saturated rings. The minimum Gasteiger partial charge on any atom is -0.363 e. The van der Waals surface area contributed by atoms with Gasteiger partial charge in [0.05, 0.1) is 6.04 Å². The van der Waals surface area contributed by atoms with E-state index in [-0.39, 0.29) is 6.04 Å². The van der Waals surface area contributed by atoms with Gasteiger partial charge in [-0.15, -0.1) is 0 Å². The van der Waals surface area contributed by atoms with E-state index in [2.05, 4.69) is 11.0 Å². The first kappa shape index (κ1) is 14.0. The molecule has 3 rings (SSSR count). The van der Waals surface area contributed by atoms with E-state index in [1.54, 1.807) is 0 Å². The van der Waals surface area contributed by atoms with Crippen LogP contribution >= 0.6 is 0 Å². The SMILES string of the molecule is NCC(c1cc(F)cc(F)c1)N1CCCc2ccccc21. The number of hydrogen-bond acceptors (Lipinski definition) is 2. The number of nitrogens with two attached hydrogens (primary N) is 1. The van der Waals surface area contributed by atoms with E-state index in [0.717, 1.165) is 31.1 Å². The summed E-state index contributed by atoms with van der Waals surface area (Å²) in [6.45, 7) is 1.16. The van der Waals surface area contributed by atoms with E-state index in [1.165, 1.54) is 17.7 Å². The van der Waals surface area contributed by atoms with Gasteiger partial charge >= 0.3 is 0 Å². The molecule has 2 nitrogen and oxygen atoms in total. The zero-order chi connectivity index (χ0) is 14.8. The minimum absolute atomic E-state index is 0.211. The monoisotopic (exact) mass is 288 g/mol. The Hall–Kier alpha value is -1.94. The summed E-state index contributed by atoms with van der Waals surface area (Å²) in [5.74, 6) is -1.12. The first-order valence-corrected chi connectivity index (χ1v) is 7.19. The van der Waals surface area contributed by atoms with Gasteiger partial charge in [-0.1, -0.05) is 18.2 Å². The molecule has 0 saturated carbocycles. The molecule has 1 unspecified atom stereocenters. The van der Waals surface area contributed by atoms with Crippen molar-refractivity contribution < 1.29 is 8.78 Å². The number of para-hydroxylation sites is 1. The quantitative estimate of drug-likeness (QED) is 0.937. The predicted octanol–water partition coefficient (Wildman–Crippen LogP) is 3.42. The second kappa shape index (κ2) is 5.82. The van der Waals surface area contributed by atoms with Crippen molar-refractivity contribution in [1.82, 2.24) is 0 Å². The fourth-order valence-electron chi connectivity index (χ4n) is 3.10. The van der Waals surface area contributed by atoms with Gasteiger partial charge < -0.3 is 10.6 Å². The van der Waals surface area contributed by atoms with Crippen LogP contribution < -0.4 is 10.6 Å². The molecule has 0 bridgehead atoms. The van der Waals surface area contributed by atoms with Crippen molar-refractivity contribution in [3.63, 3.8) is 0 Å². The third-order valence-electron chi connectivity index (χ3n) is 4.02. The third kappa shape index (κ3) is 2.76. The molecule has 0 aromatic heterocycles. The molecule has 21 heavy (non-hydrogen) atoms. The maximum atomic E-state index is 13.5. The number of nitrogens with zero attached hydrogens (tertiary/aromatic N) is 1. The Morgan fingerprint density at radius 2 is 1.81 bits per heavy atom. The van der Waals surface area contributed by atoms with Crippen LogP contribution in [-0.2, 0) is 6.42 Å². The number of fused-ring (bicyclic) bond motifs is 1. The van der Waals surface area contributed by atoms with E-state index < -0.39 is 11.6 Å². The molecule has 2 N–H and O–H groups in total. The van der Waals surface area contributed by atoms with Gasteiger partial charge in [0.25, 0.3) is 0 Å². The molecule has 4 heteroatoms. The largest absolute Gasteiger partial charge is 0.363 e. The van der Waals surface area contributed by atoms with Crippen molar-refractivity contribution in [1.29, 1.82) is 0 Å². The molecular formula is C17H18F2N2. The number of benzene rings is 2. The van der Waals surface area contributed by atoms with Gasteiger partial charge in [0.15, 0.2) is 0 Å². The van der Waals surface area contributed by atoms with Crippen LogP contribution in [0.25, 0.3) is 0 Å². The molecule has 1 atom stereocenters. The Balaban J connectivity index is 2.01. The van der Waals surface area contributed by atoms with Crippen LogP contribution in [-0.4, -0.2) is 13.1 Å². The maximum absolute atomic E-state index is 13.5. The van der Waals surface area contributed by atoms with Gasteiger partial charge in [0.1, 0.15) is 11.6 Å². The molecule has 0 radical (unpaired) electrons. The minimum atomic E-state index is -0.561. The molecule has 2 aromatic carbocycles. The molecule has 1 aliphatic heterocycles. The van der Waals surface area contributed by atoms with Gasteiger partial charge in [0, 0.05) is 24.8 Å². The van der Waals surface area contributed by atoms with E-state index in [4.69, 9.17) is 5.73 Å². The number of rotatable bonds is 3. The summed E-state index contributed by atoms with van der Waals surface area (Å²) in [6.07, 6.45) is 2.05. The van der Waals surface area contributed by atoms with Gasteiger partial charge in [-0.2, -0.15) is 0 Å². The number of halogens is 2. The van der Waals surface area contributed by atoms with Crippen LogP contribution in [0.2, 0.25) is 0 Å². The van der Waals surface area contributed by atoms with Crippen LogP contribution in [0.15, 0.2) is 42.5 Å².